The number of Topliss-reactive ketones (excluding diaryl/α,β-unsaturated/α-hetero) is 2. The van der Waals surface area contributed by atoms with Gasteiger partial charge in [-0.1, -0.05) is 82.5 Å². The van der Waals surface area contributed by atoms with Crippen LogP contribution in [0, 0.1) is 24.1 Å². The molecule has 0 unspecified atom stereocenters. The fourth-order valence-corrected chi connectivity index (χ4v) is 11.0. The molecule has 0 radical (unpaired) electrons. The van der Waals surface area contributed by atoms with Gasteiger partial charge in [0.2, 0.25) is 17.4 Å². The van der Waals surface area contributed by atoms with Crippen LogP contribution in [0.5, 0.6) is 0 Å². The van der Waals surface area contributed by atoms with Crippen molar-refractivity contribution >= 4 is 52.0 Å². The first-order chi connectivity index (χ1) is 36.4. The van der Waals surface area contributed by atoms with Crippen molar-refractivity contribution < 1.29 is 46.6 Å². The van der Waals surface area contributed by atoms with Crippen molar-refractivity contribution in [3.8, 4) is 21.6 Å². The van der Waals surface area contributed by atoms with Gasteiger partial charge in [-0.2, -0.15) is 13.2 Å². The minimum absolute atomic E-state index is 0.00137. The van der Waals surface area contributed by atoms with Crippen molar-refractivity contribution in [2.45, 2.75) is 136 Å². The number of aliphatic hydroxyl groups excluding tert-OH is 1. The number of ketones is 2. The minimum atomic E-state index is -4.99. The number of nitrogens with zero attached hydrogens (tertiary/aromatic N) is 4. The van der Waals surface area contributed by atoms with E-state index in [9.17, 15) is 47.0 Å². The highest BCUT2D eigenvalue weighted by Gasteiger charge is 2.44. The van der Waals surface area contributed by atoms with Crippen LogP contribution in [0.4, 0.5) is 28.9 Å². The SMILES string of the molecule is Cc1ncsc1-c1ccc(CNC(=O)[C@@H]2C[C@@H](O)CN2C(=O)[C@@H](CC(=O)CCCCCCCC(=O)c2ccc(-c3ccc(N4C[C@@H](C)N(C)[C@@H](C)C4)c(NC(=O)c4c[nH]c(=O)cc4C(F)(F)F)c3)c(F)c2)C(C)(C)C)cc1. The van der Waals surface area contributed by atoms with Crippen LogP contribution >= 0.6 is 11.3 Å². The molecule has 4 N–H and O–H groups in total. The standard InChI is InChI=1S/C58H69F4N7O7S/c1-34-30-68(31-35(2)67(34)7)49-22-20-39(24-48(49)66-54(74)44-29-63-52(73)27-45(44)58(60,61)62)43-21-19-40(23-47(43)59)51(72)14-12-10-8-9-11-13-41(70)25-46(57(4,5)6)56(76)69-32-42(71)26-50(69)55(75)64-28-37-15-17-38(18-16-37)53-36(3)65-33-77-53/h15-24,27,29,33-35,42,46,50,71H,8-14,25-26,28,30-32H2,1-7H3,(H,63,73)(H,64,75)(H,66,74)/t34-,35+,42-,46-,50+/m1/s1. The van der Waals surface area contributed by atoms with E-state index in [1.807, 2.05) is 77.8 Å². The first-order valence-corrected chi connectivity index (χ1v) is 27.1. The van der Waals surface area contributed by atoms with Gasteiger partial charge in [-0.05, 0) is 81.0 Å². The van der Waals surface area contributed by atoms with Crippen LogP contribution in [0.1, 0.15) is 130 Å². The molecule has 7 rings (SSSR count). The van der Waals surface area contributed by atoms with Gasteiger partial charge in [0, 0.05) is 93.3 Å². The average Bonchev–Trinajstić information content (AvgIpc) is 4.00. The lowest BCUT2D eigenvalue weighted by molar-refractivity contribution is -0.146. The molecular weight excluding hydrogens is 1010 g/mol. The summed E-state index contributed by atoms with van der Waals surface area (Å²) in [6.45, 7) is 13.0. The number of carbonyl (C=O) groups excluding carboxylic acids is 5. The first-order valence-electron chi connectivity index (χ1n) is 26.2. The molecule has 4 heterocycles. The number of aromatic nitrogens is 2. The summed E-state index contributed by atoms with van der Waals surface area (Å²) in [6, 6.07) is 16.4. The number of hydrogen-bond acceptors (Lipinski definition) is 11. The average molecular weight is 1080 g/mol. The number of amides is 3. The Morgan fingerprint density at radius 2 is 1.53 bits per heavy atom. The van der Waals surface area contributed by atoms with Crippen molar-refractivity contribution in [3.63, 3.8) is 0 Å². The molecule has 19 heteroatoms. The number of unbranched alkanes of at least 4 members (excludes halogenated alkanes) is 4. The Labute approximate surface area is 450 Å². The fraction of sp³-hybridized carbons (Fsp3) is 0.466. The number of nitrogens with one attached hydrogen (secondary N) is 3. The van der Waals surface area contributed by atoms with E-state index in [1.54, 1.807) is 29.0 Å². The Morgan fingerprint density at radius 1 is 0.870 bits per heavy atom. The number of alkyl halides is 3. The van der Waals surface area contributed by atoms with E-state index in [0.717, 1.165) is 40.4 Å². The molecule has 5 atom stereocenters. The lowest BCUT2D eigenvalue weighted by Gasteiger charge is -2.44. The molecule has 2 saturated heterocycles. The number of β-amino-alcohol motifs (C(OH)–C–C–N with tert-alkyl or cyclic N) is 1. The smallest absolute Gasteiger partial charge is 0.391 e. The van der Waals surface area contributed by atoms with E-state index in [2.05, 4.69) is 25.5 Å². The van der Waals surface area contributed by atoms with Crippen molar-refractivity contribution in [2.75, 3.05) is 36.9 Å². The summed E-state index contributed by atoms with van der Waals surface area (Å²) in [5, 5.41) is 16.2. The number of aromatic amines is 1. The molecule has 2 fully saturated rings. The summed E-state index contributed by atoms with van der Waals surface area (Å²) < 4.78 is 57.8. The summed E-state index contributed by atoms with van der Waals surface area (Å²) >= 11 is 1.56. The number of hydrogen-bond donors (Lipinski definition) is 4. The summed E-state index contributed by atoms with van der Waals surface area (Å²) in [4.78, 5) is 92.8. The Bertz CT molecular complexity index is 3000. The third kappa shape index (κ3) is 14.5. The van der Waals surface area contributed by atoms with Gasteiger partial charge in [0.15, 0.2) is 5.78 Å². The third-order valence-electron chi connectivity index (χ3n) is 14.9. The van der Waals surface area contributed by atoms with Crippen molar-refractivity contribution in [3.05, 3.63) is 123 Å². The highest BCUT2D eigenvalue weighted by Crippen LogP contribution is 2.38. The normalized spacial score (nSPS) is 18.5. The second-order valence-electron chi connectivity index (χ2n) is 21.7. The molecule has 3 amide bonds. The van der Waals surface area contributed by atoms with Crippen LogP contribution in [0.25, 0.3) is 21.6 Å². The molecule has 3 aromatic carbocycles. The van der Waals surface area contributed by atoms with Crippen molar-refractivity contribution in [1.82, 2.24) is 25.1 Å². The monoisotopic (exact) mass is 1080 g/mol. The van der Waals surface area contributed by atoms with Crippen LogP contribution in [0.2, 0.25) is 0 Å². The Hall–Kier alpha value is -6.57. The van der Waals surface area contributed by atoms with Gasteiger partial charge in [-0.15, -0.1) is 11.3 Å². The molecule has 0 saturated carbocycles. The maximum absolute atomic E-state index is 15.9. The van der Waals surface area contributed by atoms with E-state index in [0.29, 0.717) is 56.1 Å². The molecule has 2 aromatic heterocycles. The second kappa shape index (κ2) is 24.8. The van der Waals surface area contributed by atoms with Crippen LogP contribution < -0.4 is 21.1 Å². The molecule has 2 aliphatic rings. The van der Waals surface area contributed by atoms with E-state index in [-0.39, 0.29) is 91.1 Å². The number of anilines is 2. The largest absolute Gasteiger partial charge is 0.417 e. The number of piperazine rings is 1. The number of likely N-dealkylation sites (N-methyl/N-ethyl adjacent to an activating group) is 1. The summed E-state index contributed by atoms with van der Waals surface area (Å²) in [5.74, 6) is -3.56. The van der Waals surface area contributed by atoms with Gasteiger partial charge in [0.1, 0.15) is 17.6 Å². The molecule has 0 bridgehead atoms. The number of H-pyrrole nitrogens is 1. The molecule has 5 aromatic rings. The molecule has 412 valence electrons. The molecular formula is C58H69F4N7O7S. The van der Waals surface area contributed by atoms with Gasteiger partial charge in [-0.3, -0.25) is 33.7 Å². The molecule has 77 heavy (non-hydrogen) atoms. The molecule has 0 spiro atoms. The number of thiazole rings is 1. The maximum Gasteiger partial charge on any atom is 0.417 e. The van der Waals surface area contributed by atoms with Gasteiger partial charge >= 0.3 is 6.18 Å². The van der Waals surface area contributed by atoms with E-state index in [1.165, 1.54) is 23.1 Å². The molecule has 0 aliphatic carbocycles. The number of rotatable bonds is 20. The molecule has 2 aliphatic heterocycles. The number of benzene rings is 3. The van der Waals surface area contributed by atoms with E-state index < -0.39 is 58.1 Å². The predicted molar refractivity (Wildman–Crippen MR) is 290 cm³/mol. The third-order valence-corrected chi connectivity index (χ3v) is 15.9. The van der Waals surface area contributed by atoms with E-state index >= 15 is 4.39 Å². The second-order valence-corrected chi connectivity index (χ2v) is 22.6. The van der Waals surface area contributed by atoms with Crippen molar-refractivity contribution in [1.29, 1.82) is 0 Å². The summed E-state index contributed by atoms with van der Waals surface area (Å²) in [6.07, 6.45) is -1.34. The lowest BCUT2D eigenvalue weighted by atomic mass is 9.76. The first kappa shape index (κ1) is 58.1. The number of pyridine rings is 1. The summed E-state index contributed by atoms with van der Waals surface area (Å²) in [5.41, 5.74) is 2.09. The van der Waals surface area contributed by atoms with E-state index in [4.69, 9.17) is 0 Å². The zero-order chi connectivity index (χ0) is 55.9. The van der Waals surface area contributed by atoms with Crippen LogP contribution in [-0.2, 0) is 27.1 Å². The number of carbonyl (C=O) groups is 5. The Balaban J connectivity index is 0.893. The van der Waals surface area contributed by atoms with Gasteiger partial charge < -0.3 is 30.5 Å². The molecule has 14 nitrogen and oxygen atoms in total. The number of likely N-dealkylation sites (tertiary alicyclic amines) is 1. The van der Waals surface area contributed by atoms with Gasteiger partial charge in [0.05, 0.1) is 44.7 Å². The Kier molecular flexibility index (Phi) is 18.7. The highest BCUT2D eigenvalue weighted by molar-refractivity contribution is 7.13. The van der Waals surface area contributed by atoms with Crippen LogP contribution in [0.15, 0.2) is 83.2 Å². The quantitative estimate of drug-likeness (QED) is 0.0332. The van der Waals surface area contributed by atoms with Crippen LogP contribution in [0.3, 0.4) is 0 Å². The zero-order valence-electron chi connectivity index (χ0n) is 44.7. The number of aryl methyl sites for hydroxylation is 1. The Morgan fingerprint density at radius 3 is 2.17 bits per heavy atom. The van der Waals surface area contributed by atoms with Crippen LogP contribution in [-0.4, -0.2) is 105 Å². The predicted octanol–water partition coefficient (Wildman–Crippen LogP) is 10.2. The minimum Gasteiger partial charge on any atom is -0.391 e. The highest BCUT2D eigenvalue weighted by atomic mass is 32.1. The van der Waals surface area contributed by atoms with Gasteiger partial charge in [-0.25, -0.2) is 9.37 Å². The van der Waals surface area contributed by atoms with Gasteiger partial charge in [0.25, 0.3) is 5.91 Å². The lowest BCUT2D eigenvalue weighted by Crippen LogP contribution is -2.55. The zero-order valence-corrected chi connectivity index (χ0v) is 45.5. The number of aliphatic hydroxyl groups is 1. The topological polar surface area (TPSA) is 185 Å². The van der Waals surface area contributed by atoms with Crippen molar-refractivity contribution in [2.24, 2.45) is 11.3 Å². The number of halogens is 4. The fourth-order valence-electron chi connectivity index (χ4n) is 10.2. The maximum atomic E-state index is 15.9. The summed E-state index contributed by atoms with van der Waals surface area (Å²) in [7, 11) is 1.99.